The fourth-order valence-electron chi connectivity index (χ4n) is 4.66. The van der Waals surface area contributed by atoms with E-state index in [0.717, 1.165) is 35.4 Å². The van der Waals surface area contributed by atoms with Gasteiger partial charge in [-0.25, -0.2) is 9.80 Å². The van der Waals surface area contributed by atoms with Crippen molar-refractivity contribution in [3.8, 4) is 0 Å². The van der Waals surface area contributed by atoms with Gasteiger partial charge in [-0.05, 0) is 44.7 Å². The van der Waals surface area contributed by atoms with E-state index in [1.165, 1.54) is 5.12 Å². The third-order valence-corrected chi connectivity index (χ3v) is 6.41. The molecule has 0 saturated heterocycles. The van der Waals surface area contributed by atoms with Crippen molar-refractivity contribution >= 4 is 29.7 Å². The number of rotatable bonds is 7. The van der Waals surface area contributed by atoms with Crippen LogP contribution < -0.4 is 16.5 Å². The average molecular weight is 552 g/mol. The average Bonchev–Trinajstić information content (AvgIpc) is 2.91. The first-order valence-electron chi connectivity index (χ1n) is 13.3. The van der Waals surface area contributed by atoms with Crippen molar-refractivity contribution in [2.24, 2.45) is 5.73 Å². The van der Waals surface area contributed by atoms with E-state index in [4.69, 9.17) is 10.5 Å². The number of benzene rings is 2. The second kappa shape index (κ2) is 13.7. The van der Waals surface area contributed by atoms with Gasteiger partial charge in [0.1, 0.15) is 5.60 Å². The van der Waals surface area contributed by atoms with Gasteiger partial charge in [0.05, 0.1) is 12.6 Å². The maximum absolute atomic E-state index is 13.7. The Morgan fingerprint density at radius 3 is 1.88 bits per heavy atom. The van der Waals surface area contributed by atoms with E-state index >= 15 is 0 Å². The highest BCUT2D eigenvalue weighted by Crippen LogP contribution is 2.29. The Labute approximate surface area is 234 Å². The van der Waals surface area contributed by atoms with Crippen LogP contribution in [-0.2, 0) is 23.9 Å². The van der Waals surface area contributed by atoms with Gasteiger partial charge in [0.15, 0.2) is 0 Å². The molecular weight excluding hydrogens is 514 g/mol. The molecule has 4 N–H and O–H groups in total. The van der Waals surface area contributed by atoms with Crippen molar-refractivity contribution < 1.29 is 28.7 Å². The molecule has 1 saturated carbocycles. The number of alkyl carbamates (subject to hydrolysis) is 1. The molecule has 1 aliphatic rings. The van der Waals surface area contributed by atoms with E-state index in [1.54, 1.807) is 20.8 Å². The molecule has 0 aliphatic heterocycles. The van der Waals surface area contributed by atoms with E-state index in [0.29, 0.717) is 12.8 Å². The lowest BCUT2D eigenvalue weighted by Gasteiger charge is -2.42. The minimum absolute atomic E-state index is 0.0188. The first kappa shape index (κ1) is 30.3. The molecule has 0 radical (unpaired) electrons. The number of hydrogen-bond donors (Lipinski definition) is 3. The fourth-order valence-corrected chi connectivity index (χ4v) is 4.66. The molecule has 3 rings (SSSR count). The summed E-state index contributed by atoms with van der Waals surface area (Å²) in [6, 6.07) is 18.4. The zero-order valence-electron chi connectivity index (χ0n) is 23.1. The molecule has 0 atom stereocenters. The lowest BCUT2D eigenvalue weighted by Crippen LogP contribution is -2.64. The Kier molecular flexibility index (Phi) is 10.4. The highest BCUT2D eigenvalue weighted by molar-refractivity contribution is 6.37. The monoisotopic (exact) mass is 551 g/mol. The number of hydrogen-bond acceptors (Lipinski definition) is 7. The molecule has 0 bridgehead atoms. The van der Waals surface area contributed by atoms with Crippen LogP contribution >= 0.6 is 0 Å². The number of nitrogens with zero attached hydrogens (tertiary/aromatic N) is 2. The van der Waals surface area contributed by atoms with Crippen LogP contribution in [0.25, 0.3) is 0 Å². The summed E-state index contributed by atoms with van der Waals surface area (Å²) < 4.78 is 5.13. The van der Waals surface area contributed by atoms with E-state index in [2.05, 4.69) is 5.43 Å². The number of nitrogens with two attached hydrogens (primary N) is 1. The minimum Gasteiger partial charge on any atom is -0.444 e. The first-order chi connectivity index (χ1) is 19.0. The van der Waals surface area contributed by atoms with E-state index in [1.807, 2.05) is 66.0 Å². The Balaban J connectivity index is 2.02. The van der Waals surface area contributed by atoms with Gasteiger partial charge in [0, 0.05) is 5.92 Å². The second-order valence-corrected chi connectivity index (χ2v) is 10.7. The number of carbonyl (C=O) groups excluding carboxylic acids is 5. The van der Waals surface area contributed by atoms with Gasteiger partial charge in [-0.2, -0.15) is 0 Å². The molecule has 11 nitrogen and oxygen atoms in total. The summed E-state index contributed by atoms with van der Waals surface area (Å²) in [5.74, 6) is -5.10. The molecular formula is C29H37N5O6. The topological polar surface area (TPSA) is 151 Å². The summed E-state index contributed by atoms with van der Waals surface area (Å²) in [5.41, 5.74) is 8.55. The number of carbonyl (C=O) groups is 5. The predicted octanol–water partition coefficient (Wildman–Crippen LogP) is 2.76. The minimum atomic E-state index is -1.25. The summed E-state index contributed by atoms with van der Waals surface area (Å²) in [4.78, 5) is 63.4. The number of ether oxygens (including phenoxy) is 1. The third kappa shape index (κ3) is 8.63. The van der Waals surface area contributed by atoms with Gasteiger partial charge < -0.3 is 10.5 Å². The van der Waals surface area contributed by atoms with E-state index in [-0.39, 0.29) is 12.5 Å². The Morgan fingerprint density at radius 2 is 1.40 bits per heavy atom. The van der Waals surface area contributed by atoms with Gasteiger partial charge in [0.25, 0.3) is 0 Å². The van der Waals surface area contributed by atoms with E-state index in [9.17, 15) is 24.0 Å². The second-order valence-electron chi connectivity index (χ2n) is 10.7. The van der Waals surface area contributed by atoms with Gasteiger partial charge in [-0.3, -0.25) is 29.9 Å². The fraction of sp³-hybridized carbons (Fsp3) is 0.414. The summed E-state index contributed by atoms with van der Waals surface area (Å²) in [6.45, 7) is 4.86. The summed E-state index contributed by atoms with van der Waals surface area (Å²) in [6.07, 6.45) is 2.56. The lowest BCUT2D eigenvalue weighted by molar-refractivity contribution is -0.175. The number of hydrazine groups is 2. The number of amides is 5. The van der Waals surface area contributed by atoms with Crippen LogP contribution in [0.4, 0.5) is 4.79 Å². The standard InChI is InChI=1S/C29H37N5O6/c1-29(2,3)40-28(39)31-26(37)27(38)34(22-17-11-6-12-18-22)33(32-25(36)24(30)35)19-23(20-13-7-4-8-14-20)21-15-9-5-10-16-21/h4-5,7-10,13-16,22-23H,6,11-12,17-19H2,1-3H3,(H2,30,35)(H,32,36)(H,31,37,39). The Hall–Kier alpha value is -4.25. The molecule has 214 valence electrons. The van der Waals surface area contributed by atoms with Gasteiger partial charge in [-0.15, -0.1) is 5.12 Å². The van der Waals surface area contributed by atoms with Crippen molar-refractivity contribution in [3.05, 3.63) is 71.8 Å². The molecule has 1 fully saturated rings. The summed E-state index contributed by atoms with van der Waals surface area (Å²) in [5, 5.41) is 4.30. The molecule has 2 aromatic rings. The lowest BCUT2D eigenvalue weighted by atomic mass is 9.91. The molecule has 0 unspecified atom stereocenters. The maximum atomic E-state index is 13.7. The number of primary amides is 1. The van der Waals surface area contributed by atoms with Crippen molar-refractivity contribution in [3.63, 3.8) is 0 Å². The number of imide groups is 1. The molecule has 0 spiro atoms. The smallest absolute Gasteiger partial charge is 0.414 e. The van der Waals surface area contributed by atoms with Crippen LogP contribution in [0.1, 0.15) is 69.9 Å². The molecule has 1 aliphatic carbocycles. The Morgan fingerprint density at radius 1 is 0.875 bits per heavy atom. The highest BCUT2D eigenvalue weighted by Gasteiger charge is 2.38. The van der Waals surface area contributed by atoms with Gasteiger partial charge in [-0.1, -0.05) is 79.9 Å². The van der Waals surface area contributed by atoms with Gasteiger partial charge in [0.2, 0.25) is 0 Å². The number of nitrogens with one attached hydrogen (secondary N) is 2. The highest BCUT2D eigenvalue weighted by atomic mass is 16.6. The van der Waals surface area contributed by atoms with Crippen LogP contribution in [0.5, 0.6) is 0 Å². The largest absolute Gasteiger partial charge is 0.444 e. The third-order valence-electron chi connectivity index (χ3n) is 6.41. The molecule has 0 heterocycles. The van der Waals surface area contributed by atoms with Crippen molar-refractivity contribution in [1.29, 1.82) is 0 Å². The normalized spacial score (nSPS) is 13.9. The van der Waals surface area contributed by atoms with Crippen molar-refractivity contribution in [2.75, 3.05) is 6.54 Å². The maximum Gasteiger partial charge on any atom is 0.414 e. The van der Waals surface area contributed by atoms with Crippen LogP contribution in [0.2, 0.25) is 0 Å². The SMILES string of the molecule is CC(C)(C)OC(=O)NC(=O)C(=O)N(C1CCCCC1)N(CC(c1ccccc1)c1ccccc1)NC(=O)C(N)=O. The molecule has 40 heavy (non-hydrogen) atoms. The summed E-state index contributed by atoms with van der Waals surface area (Å²) >= 11 is 0. The van der Waals surface area contributed by atoms with E-state index < -0.39 is 41.4 Å². The van der Waals surface area contributed by atoms with Crippen molar-refractivity contribution in [2.45, 2.75) is 70.4 Å². The van der Waals surface area contributed by atoms with Crippen LogP contribution in [0, 0.1) is 0 Å². The molecule has 2 aromatic carbocycles. The zero-order valence-corrected chi connectivity index (χ0v) is 23.1. The quantitative estimate of drug-likeness (QED) is 0.354. The molecule has 5 amide bonds. The summed E-state index contributed by atoms with van der Waals surface area (Å²) in [7, 11) is 0. The molecule has 0 aromatic heterocycles. The predicted molar refractivity (Wildman–Crippen MR) is 147 cm³/mol. The first-order valence-corrected chi connectivity index (χ1v) is 13.3. The molecule has 11 heteroatoms. The zero-order chi connectivity index (χ0) is 29.3. The van der Waals surface area contributed by atoms with Gasteiger partial charge >= 0.3 is 29.7 Å². The van der Waals surface area contributed by atoms with Crippen molar-refractivity contribution in [1.82, 2.24) is 20.9 Å². The van der Waals surface area contributed by atoms with Crippen LogP contribution in [-0.4, -0.2) is 58.0 Å². The van der Waals surface area contributed by atoms with Crippen LogP contribution in [0.3, 0.4) is 0 Å². The Bertz CT molecular complexity index is 1150. The van der Waals surface area contributed by atoms with Crippen LogP contribution in [0.15, 0.2) is 60.7 Å².